The first-order chi connectivity index (χ1) is 6.08. The molecule has 4 N–H and O–H groups in total. The summed E-state index contributed by atoms with van der Waals surface area (Å²) in [6, 6.07) is 0.198. The van der Waals surface area contributed by atoms with Gasteiger partial charge in [0, 0.05) is 6.04 Å². The van der Waals surface area contributed by atoms with Crippen LogP contribution in [0.3, 0.4) is 0 Å². The Morgan fingerprint density at radius 1 is 1.62 bits per heavy atom. The van der Waals surface area contributed by atoms with Crippen LogP contribution in [-0.2, 0) is 0 Å². The number of nitrogens with two attached hydrogens (primary N) is 1. The van der Waals surface area contributed by atoms with Crippen molar-refractivity contribution in [1.82, 2.24) is 5.32 Å². The maximum absolute atomic E-state index is 9.15. The van der Waals surface area contributed by atoms with Crippen molar-refractivity contribution in [3.63, 3.8) is 0 Å². The Bertz CT molecular complexity index is 192. The molecule has 0 aliphatic heterocycles. The topological polar surface area (TPSA) is 70.6 Å². The number of nitrogens with zero attached hydrogens (tertiary/aromatic N) is 1. The summed E-state index contributed by atoms with van der Waals surface area (Å²) in [6.07, 6.45) is 3.12. The fraction of sp³-hybridized carbons (Fsp3) is 0.889. The third-order valence-corrected chi connectivity index (χ3v) is 2.40. The molecule has 1 aliphatic rings. The summed E-state index contributed by atoms with van der Waals surface area (Å²) in [5.41, 5.74) is 5.50. The maximum Gasteiger partial charge on any atom is 0.189 e. The van der Waals surface area contributed by atoms with Crippen LogP contribution < -0.4 is 11.1 Å². The summed E-state index contributed by atoms with van der Waals surface area (Å²) in [6.45, 7) is 4.09. The number of aliphatic hydroxyl groups excluding tert-OH is 1. The molecule has 0 saturated heterocycles. The fourth-order valence-corrected chi connectivity index (χ4v) is 1.51. The van der Waals surface area contributed by atoms with Crippen molar-refractivity contribution in [2.24, 2.45) is 10.7 Å². The molecule has 0 bridgehead atoms. The van der Waals surface area contributed by atoms with E-state index in [4.69, 9.17) is 10.8 Å². The van der Waals surface area contributed by atoms with Crippen LogP contribution in [-0.4, -0.2) is 29.3 Å². The molecule has 1 rings (SSSR count). The number of aliphatic hydroxyl groups is 1. The molecule has 0 radical (unpaired) electrons. The molecule has 1 saturated carbocycles. The zero-order chi connectivity index (χ0) is 9.90. The van der Waals surface area contributed by atoms with E-state index in [0.717, 1.165) is 19.3 Å². The SMILES string of the molecule is CC(C)N=C(N)NC1(CO)CCC1. The third-order valence-electron chi connectivity index (χ3n) is 2.40. The predicted octanol–water partition coefficient (Wildman–Crippen LogP) is 0.214. The standard InChI is InChI=1S/C9H19N3O/c1-7(2)11-8(10)12-9(6-13)4-3-5-9/h7,13H,3-6H2,1-2H3,(H3,10,11,12). The minimum absolute atomic E-state index is 0.140. The van der Waals surface area contributed by atoms with Crippen molar-refractivity contribution in [2.75, 3.05) is 6.61 Å². The average molecular weight is 185 g/mol. The number of guanidine groups is 1. The van der Waals surface area contributed by atoms with Gasteiger partial charge in [-0.15, -0.1) is 0 Å². The van der Waals surface area contributed by atoms with Crippen LogP contribution in [0.1, 0.15) is 33.1 Å². The summed E-state index contributed by atoms with van der Waals surface area (Å²) in [5, 5.41) is 12.2. The van der Waals surface area contributed by atoms with Gasteiger partial charge in [-0.3, -0.25) is 4.99 Å². The van der Waals surface area contributed by atoms with Crippen LogP contribution in [0.25, 0.3) is 0 Å². The second-order valence-corrected chi connectivity index (χ2v) is 4.03. The van der Waals surface area contributed by atoms with Gasteiger partial charge in [-0.25, -0.2) is 0 Å². The van der Waals surface area contributed by atoms with Gasteiger partial charge in [0.25, 0.3) is 0 Å². The van der Waals surface area contributed by atoms with E-state index in [1.54, 1.807) is 0 Å². The first-order valence-electron chi connectivity index (χ1n) is 4.80. The maximum atomic E-state index is 9.15. The monoisotopic (exact) mass is 185 g/mol. The Balaban J connectivity index is 2.46. The van der Waals surface area contributed by atoms with Crippen molar-refractivity contribution in [2.45, 2.75) is 44.7 Å². The molecule has 4 nitrogen and oxygen atoms in total. The molecule has 4 heteroatoms. The molecular formula is C9H19N3O. The second kappa shape index (κ2) is 3.96. The molecule has 76 valence electrons. The number of hydrogen-bond acceptors (Lipinski definition) is 2. The smallest absolute Gasteiger partial charge is 0.189 e. The average Bonchev–Trinajstić information content (AvgIpc) is 1.95. The molecule has 1 aliphatic carbocycles. The Hall–Kier alpha value is -0.770. The highest BCUT2D eigenvalue weighted by Gasteiger charge is 2.36. The van der Waals surface area contributed by atoms with E-state index < -0.39 is 0 Å². The fourth-order valence-electron chi connectivity index (χ4n) is 1.51. The lowest BCUT2D eigenvalue weighted by Crippen LogP contribution is -2.58. The van der Waals surface area contributed by atoms with Crippen molar-refractivity contribution in [1.29, 1.82) is 0 Å². The van der Waals surface area contributed by atoms with E-state index >= 15 is 0 Å². The normalized spacial score (nSPS) is 21.4. The highest BCUT2D eigenvalue weighted by atomic mass is 16.3. The first kappa shape index (κ1) is 10.3. The molecule has 1 fully saturated rings. The highest BCUT2D eigenvalue weighted by molar-refractivity contribution is 5.79. The van der Waals surface area contributed by atoms with Crippen LogP contribution >= 0.6 is 0 Å². The Morgan fingerprint density at radius 2 is 2.23 bits per heavy atom. The Kier molecular flexibility index (Phi) is 3.14. The quantitative estimate of drug-likeness (QED) is 0.435. The second-order valence-electron chi connectivity index (χ2n) is 4.03. The Labute approximate surface area is 79.2 Å². The van der Waals surface area contributed by atoms with Gasteiger partial charge >= 0.3 is 0 Å². The lowest BCUT2D eigenvalue weighted by atomic mass is 9.77. The molecule has 0 aromatic carbocycles. The zero-order valence-corrected chi connectivity index (χ0v) is 8.38. The van der Waals surface area contributed by atoms with E-state index in [2.05, 4.69) is 10.3 Å². The summed E-state index contributed by atoms with van der Waals surface area (Å²) in [4.78, 5) is 4.16. The molecule has 0 atom stereocenters. The van der Waals surface area contributed by atoms with Crippen molar-refractivity contribution >= 4 is 5.96 Å². The molecule has 0 amide bonds. The highest BCUT2D eigenvalue weighted by Crippen LogP contribution is 2.30. The lowest BCUT2D eigenvalue weighted by molar-refractivity contribution is 0.107. The largest absolute Gasteiger partial charge is 0.394 e. The van der Waals surface area contributed by atoms with E-state index in [1.807, 2.05) is 13.8 Å². The third kappa shape index (κ3) is 2.59. The molecular weight excluding hydrogens is 166 g/mol. The van der Waals surface area contributed by atoms with Crippen LogP contribution in [0.5, 0.6) is 0 Å². The van der Waals surface area contributed by atoms with Gasteiger partial charge in [0.2, 0.25) is 0 Å². The number of aliphatic imine (C=N–C) groups is 1. The van der Waals surface area contributed by atoms with Crippen LogP contribution in [0.15, 0.2) is 4.99 Å². The van der Waals surface area contributed by atoms with Gasteiger partial charge in [0.05, 0.1) is 12.1 Å². The first-order valence-corrected chi connectivity index (χ1v) is 4.80. The van der Waals surface area contributed by atoms with E-state index in [-0.39, 0.29) is 18.2 Å². The van der Waals surface area contributed by atoms with Gasteiger partial charge in [-0.2, -0.15) is 0 Å². The molecule has 0 spiro atoms. The van der Waals surface area contributed by atoms with E-state index in [0.29, 0.717) is 5.96 Å². The number of nitrogens with one attached hydrogen (secondary N) is 1. The van der Waals surface area contributed by atoms with Crippen LogP contribution in [0.2, 0.25) is 0 Å². The summed E-state index contributed by atoms with van der Waals surface area (Å²) < 4.78 is 0. The van der Waals surface area contributed by atoms with Gasteiger partial charge < -0.3 is 16.2 Å². The summed E-state index contributed by atoms with van der Waals surface area (Å²) in [7, 11) is 0. The molecule has 13 heavy (non-hydrogen) atoms. The van der Waals surface area contributed by atoms with Gasteiger partial charge in [-0.1, -0.05) is 0 Å². The molecule has 0 unspecified atom stereocenters. The summed E-state index contributed by atoms with van der Waals surface area (Å²) in [5.74, 6) is 0.448. The van der Waals surface area contributed by atoms with Gasteiger partial charge in [0.15, 0.2) is 5.96 Å². The number of hydrogen-bond donors (Lipinski definition) is 3. The minimum atomic E-state index is -0.178. The molecule has 0 aromatic rings. The van der Waals surface area contributed by atoms with Crippen molar-refractivity contribution < 1.29 is 5.11 Å². The number of rotatable bonds is 3. The zero-order valence-electron chi connectivity index (χ0n) is 8.38. The Morgan fingerprint density at radius 3 is 2.54 bits per heavy atom. The van der Waals surface area contributed by atoms with Gasteiger partial charge in [0.1, 0.15) is 0 Å². The summed E-state index contributed by atoms with van der Waals surface area (Å²) >= 11 is 0. The molecule has 0 aromatic heterocycles. The molecule has 0 heterocycles. The van der Waals surface area contributed by atoms with E-state index in [9.17, 15) is 0 Å². The van der Waals surface area contributed by atoms with Crippen LogP contribution in [0, 0.1) is 0 Å². The van der Waals surface area contributed by atoms with Crippen LogP contribution in [0.4, 0.5) is 0 Å². The lowest BCUT2D eigenvalue weighted by Gasteiger charge is -2.41. The minimum Gasteiger partial charge on any atom is -0.394 e. The van der Waals surface area contributed by atoms with Gasteiger partial charge in [-0.05, 0) is 33.1 Å². The van der Waals surface area contributed by atoms with Crippen molar-refractivity contribution in [3.8, 4) is 0 Å². The van der Waals surface area contributed by atoms with Crippen molar-refractivity contribution in [3.05, 3.63) is 0 Å². The van der Waals surface area contributed by atoms with E-state index in [1.165, 1.54) is 0 Å². The predicted molar refractivity (Wildman–Crippen MR) is 53.6 cm³/mol.